The van der Waals surface area contributed by atoms with Gasteiger partial charge in [0, 0.05) is 16.4 Å². The van der Waals surface area contributed by atoms with Gasteiger partial charge in [-0.2, -0.15) is 0 Å². The minimum absolute atomic E-state index is 0. The largest absolute Gasteiger partial charge is 0.370 e. The maximum Gasteiger partial charge on any atom is 0.188 e. The van der Waals surface area contributed by atoms with Crippen LogP contribution in [0.5, 0.6) is 0 Å². The molecule has 108 valence electrons. The fourth-order valence-electron chi connectivity index (χ4n) is 1.58. The van der Waals surface area contributed by atoms with Crippen molar-refractivity contribution in [3.63, 3.8) is 0 Å². The van der Waals surface area contributed by atoms with Crippen molar-refractivity contribution < 1.29 is 0 Å². The van der Waals surface area contributed by atoms with Gasteiger partial charge in [0.05, 0.1) is 6.54 Å². The molecule has 0 atom stereocenters. The Morgan fingerprint density at radius 1 is 1.32 bits per heavy atom. The van der Waals surface area contributed by atoms with E-state index in [-0.39, 0.29) is 29.4 Å². The molecule has 0 aromatic heterocycles. The summed E-state index contributed by atoms with van der Waals surface area (Å²) >= 11 is 3.45. The van der Waals surface area contributed by atoms with E-state index in [1.165, 1.54) is 5.56 Å². The summed E-state index contributed by atoms with van der Waals surface area (Å²) in [6.45, 7) is 8.00. The van der Waals surface area contributed by atoms with Crippen molar-refractivity contribution in [3.8, 4) is 0 Å². The number of rotatable bonds is 5. The Morgan fingerprint density at radius 3 is 2.42 bits per heavy atom. The molecule has 0 aliphatic heterocycles. The minimum atomic E-state index is -0.0147. The van der Waals surface area contributed by atoms with E-state index in [2.05, 4.69) is 71.3 Å². The zero-order valence-electron chi connectivity index (χ0n) is 11.7. The van der Waals surface area contributed by atoms with Gasteiger partial charge in [0.1, 0.15) is 0 Å². The Bertz CT molecular complexity index is 402. The lowest BCUT2D eigenvalue weighted by Gasteiger charge is -2.23. The molecule has 1 aromatic rings. The summed E-state index contributed by atoms with van der Waals surface area (Å²) < 4.78 is 1.09. The van der Waals surface area contributed by atoms with Gasteiger partial charge in [-0.15, -0.1) is 24.0 Å². The summed E-state index contributed by atoms with van der Waals surface area (Å²) in [5, 5.41) is 3.09. The van der Waals surface area contributed by atoms with Gasteiger partial charge in [-0.3, -0.25) is 4.99 Å². The second-order valence-corrected chi connectivity index (χ2v) is 5.93. The Morgan fingerprint density at radius 2 is 1.89 bits per heavy atom. The first-order valence-electron chi connectivity index (χ1n) is 6.25. The standard InChI is InChI=1S/C14H22BrN3.HI/c1-4-9-17-13(16)18-10-14(2,3)11-5-7-12(15)8-6-11;/h5-8H,4,9-10H2,1-3H3,(H3,16,17,18);1H. The average Bonchev–Trinajstić information content (AvgIpc) is 2.34. The molecule has 3 N–H and O–H groups in total. The molecule has 0 saturated carbocycles. The lowest BCUT2D eigenvalue weighted by atomic mass is 9.85. The van der Waals surface area contributed by atoms with E-state index in [9.17, 15) is 0 Å². The highest BCUT2D eigenvalue weighted by molar-refractivity contribution is 14.0. The van der Waals surface area contributed by atoms with E-state index in [1.54, 1.807) is 0 Å². The number of guanidine groups is 1. The zero-order chi connectivity index (χ0) is 13.6. The van der Waals surface area contributed by atoms with Gasteiger partial charge in [-0.05, 0) is 24.1 Å². The molecule has 1 aromatic carbocycles. The summed E-state index contributed by atoms with van der Waals surface area (Å²) in [6, 6.07) is 8.35. The van der Waals surface area contributed by atoms with Crippen LogP contribution in [0.1, 0.15) is 32.8 Å². The molecular formula is C14H23BrIN3. The summed E-state index contributed by atoms with van der Waals surface area (Å²) in [6.07, 6.45) is 1.05. The Labute approximate surface area is 141 Å². The molecule has 0 saturated heterocycles. The molecule has 0 radical (unpaired) electrons. The molecule has 0 heterocycles. The van der Waals surface area contributed by atoms with Crippen molar-refractivity contribution in [1.82, 2.24) is 5.32 Å². The first-order valence-corrected chi connectivity index (χ1v) is 7.05. The minimum Gasteiger partial charge on any atom is -0.370 e. The van der Waals surface area contributed by atoms with Crippen LogP contribution >= 0.6 is 39.9 Å². The lowest BCUT2D eigenvalue weighted by Crippen LogP contribution is -2.34. The topological polar surface area (TPSA) is 50.4 Å². The van der Waals surface area contributed by atoms with Gasteiger partial charge in [-0.25, -0.2) is 0 Å². The van der Waals surface area contributed by atoms with E-state index in [1.807, 2.05) is 0 Å². The first-order chi connectivity index (χ1) is 8.45. The predicted molar refractivity (Wildman–Crippen MR) is 97.4 cm³/mol. The second-order valence-electron chi connectivity index (χ2n) is 5.02. The van der Waals surface area contributed by atoms with Crippen LogP contribution in [0.15, 0.2) is 33.7 Å². The quantitative estimate of drug-likeness (QED) is 0.418. The molecule has 1 rings (SSSR count). The van der Waals surface area contributed by atoms with E-state index >= 15 is 0 Å². The van der Waals surface area contributed by atoms with Crippen molar-refractivity contribution >= 4 is 45.9 Å². The number of hydrogen-bond donors (Lipinski definition) is 2. The third kappa shape index (κ3) is 6.61. The van der Waals surface area contributed by atoms with Crippen LogP contribution in [-0.2, 0) is 5.41 Å². The van der Waals surface area contributed by atoms with Crippen molar-refractivity contribution in [1.29, 1.82) is 0 Å². The van der Waals surface area contributed by atoms with E-state index < -0.39 is 0 Å². The lowest BCUT2D eigenvalue weighted by molar-refractivity contribution is 0.538. The Kier molecular flexibility index (Phi) is 8.65. The number of nitrogens with two attached hydrogens (primary N) is 1. The maximum atomic E-state index is 5.80. The number of nitrogens with one attached hydrogen (secondary N) is 1. The SMILES string of the molecule is CCCNC(N)=NCC(C)(C)c1ccc(Br)cc1.I. The number of nitrogens with zero attached hydrogens (tertiary/aromatic N) is 1. The molecule has 0 aliphatic rings. The van der Waals surface area contributed by atoms with E-state index in [4.69, 9.17) is 5.73 Å². The molecular weight excluding hydrogens is 417 g/mol. The van der Waals surface area contributed by atoms with Crippen LogP contribution in [0.3, 0.4) is 0 Å². The van der Waals surface area contributed by atoms with Gasteiger partial charge >= 0.3 is 0 Å². The van der Waals surface area contributed by atoms with Crippen molar-refractivity contribution in [2.45, 2.75) is 32.6 Å². The molecule has 19 heavy (non-hydrogen) atoms. The van der Waals surface area contributed by atoms with E-state index in [0.717, 1.165) is 17.4 Å². The maximum absolute atomic E-state index is 5.80. The number of halogens is 2. The Balaban J connectivity index is 0.00000324. The predicted octanol–water partition coefficient (Wildman–Crippen LogP) is 3.66. The average molecular weight is 440 g/mol. The van der Waals surface area contributed by atoms with Gasteiger partial charge in [0.2, 0.25) is 0 Å². The zero-order valence-corrected chi connectivity index (χ0v) is 15.7. The highest BCUT2D eigenvalue weighted by atomic mass is 127. The third-order valence-electron chi connectivity index (χ3n) is 2.83. The summed E-state index contributed by atoms with van der Waals surface area (Å²) in [5.41, 5.74) is 7.05. The van der Waals surface area contributed by atoms with Crippen LogP contribution in [0.2, 0.25) is 0 Å². The molecule has 0 bridgehead atoms. The molecule has 0 aliphatic carbocycles. The fourth-order valence-corrected chi connectivity index (χ4v) is 1.85. The monoisotopic (exact) mass is 439 g/mol. The molecule has 0 spiro atoms. The van der Waals surface area contributed by atoms with Crippen LogP contribution in [-0.4, -0.2) is 19.0 Å². The van der Waals surface area contributed by atoms with Crippen molar-refractivity contribution in [2.24, 2.45) is 10.7 Å². The molecule has 5 heteroatoms. The first kappa shape index (κ1) is 18.7. The van der Waals surface area contributed by atoms with Crippen LogP contribution in [0.25, 0.3) is 0 Å². The fraction of sp³-hybridized carbons (Fsp3) is 0.500. The highest BCUT2D eigenvalue weighted by Gasteiger charge is 2.20. The Hall–Kier alpha value is -0.300. The summed E-state index contributed by atoms with van der Waals surface area (Å²) in [7, 11) is 0. The van der Waals surface area contributed by atoms with Gasteiger partial charge < -0.3 is 11.1 Å². The molecule has 0 amide bonds. The van der Waals surface area contributed by atoms with Crippen LogP contribution < -0.4 is 11.1 Å². The number of aliphatic imine (C=N–C) groups is 1. The molecule has 0 unspecified atom stereocenters. The van der Waals surface area contributed by atoms with Crippen molar-refractivity contribution in [3.05, 3.63) is 34.3 Å². The van der Waals surface area contributed by atoms with Crippen LogP contribution in [0.4, 0.5) is 0 Å². The highest BCUT2D eigenvalue weighted by Crippen LogP contribution is 2.24. The van der Waals surface area contributed by atoms with Gasteiger partial charge in [0.25, 0.3) is 0 Å². The molecule has 3 nitrogen and oxygen atoms in total. The number of hydrogen-bond acceptors (Lipinski definition) is 1. The summed E-state index contributed by atoms with van der Waals surface area (Å²) in [5.74, 6) is 0.530. The summed E-state index contributed by atoms with van der Waals surface area (Å²) in [4.78, 5) is 4.40. The van der Waals surface area contributed by atoms with Crippen molar-refractivity contribution in [2.75, 3.05) is 13.1 Å². The van der Waals surface area contributed by atoms with E-state index in [0.29, 0.717) is 12.5 Å². The van der Waals surface area contributed by atoms with Gasteiger partial charge in [-0.1, -0.05) is 48.8 Å². The van der Waals surface area contributed by atoms with Gasteiger partial charge in [0.15, 0.2) is 5.96 Å². The number of benzene rings is 1. The smallest absolute Gasteiger partial charge is 0.188 e. The molecule has 0 fully saturated rings. The van der Waals surface area contributed by atoms with Crippen LogP contribution in [0, 0.1) is 0 Å². The third-order valence-corrected chi connectivity index (χ3v) is 3.36. The normalized spacial score (nSPS) is 11.9. The second kappa shape index (κ2) is 8.79.